The fourth-order valence-electron chi connectivity index (χ4n) is 2.32. The molecule has 0 heterocycles. The van der Waals surface area contributed by atoms with Gasteiger partial charge in [-0.1, -0.05) is 55.0 Å². The number of hydrogen-bond donors (Lipinski definition) is 1. The molecule has 0 aromatic heterocycles. The molecule has 0 spiro atoms. The maximum Gasteiger partial charge on any atom is 0.128 e. The largest absolute Gasteiger partial charge is 0.310 e. The quantitative estimate of drug-likeness (QED) is 0.852. The van der Waals surface area contributed by atoms with Gasteiger partial charge in [-0.25, -0.2) is 4.39 Å². The molecule has 0 saturated carbocycles. The summed E-state index contributed by atoms with van der Waals surface area (Å²) in [6.07, 6.45) is 0.801. The summed E-state index contributed by atoms with van der Waals surface area (Å²) in [5.74, 6) is -0.132. The maximum atomic E-state index is 14.0. The van der Waals surface area contributed by atoms with Gasteiger partial charge in [-0.2, -0.15) is 0 Å². The molecule has 0 aliphatic carbocycles. The highest BCUT2D eigenvalue weighted by molar-refractivity contribution is 5.29. The first-order chi connectivity index (χ1) is 9.20. The first-order valence-corrected chi connectivity index (χ1v) is 6.74. The minimum atomic E-state index is -0.132. The van der Waals surface area contributed by atoms with Crippen LogP contribution in [0.15, 0.2) is 48.5 Å². The van der Waals surface area contributed by atoms with Crippen LogP contribution in [0.1, 0.15) is 29.7 Å². The second-order valence-corrected chi connectivity index (χ2v) is 4.82. The van der Waals surface area contributed by atoms with Crippen molar-refractivity contribution in [3.8, 4) is 0 Å². The van der Waals surface area contributed by atoms with Gasteiger partial charge in [0, 0.05) is 11.6 Å². The minimum absolute atomic E-state index is 0.0206. The highest BCUT2D eigenvalue weighted by Gasteiger charge is 2.15. The van der Waals surface area contributed by atoms with Crippen molar-refractivity contribution in [1.82, 2.24) is 5.32 Å². The van der Waals surface area contributed by atoms with Gasteiger partial charge in [-0.05, 0) is 31.5 Å². The standard InChI is InChI=1S/C17H20FN/c1-3-19-17(12-14-7-5-4-6-8-14)15-11-13(2)9-10-16(15)18/h4-11,17,19H,3,12H2,1-2H3. The van der Waals surface area contributed by atoms with E-state index in [4.69, 9.17) is 0 Å². The summed E-state index contributed by atoms with van der Waals surface area (Å²) in [5.41, 5.74) is 3.06. The lowest BCUT2D eigenvalue weighted by atomic mass is 9.97. The van der Waals surface area contributed by atoms with E-state index in [0.29, 0.717) is 0 Å². The number of likely N-dealkylation sites (N-methyl/N-ethyl adjacent to an activating group) is 1. The monoisotopic (exact) mass is 257 g/mol. The molecule has 0 fully saturated rings. The normalized spacial score (nSPS) is 12.4. The molecule has 0 amide bonds. The average molecular weight is 257 g/mol. The third kappa shape index (κ3) is 3.65. The lowest BCUT2D eigenvalue weighted by Gasteiger charge is -2.19. The number of rotatable bonds is 5. The van der Waals surface area contributed by atoms with Crippen molar-refractivity contribution in [2.45, 2.75) is 26.3 Å². The minimum Gasteiger partial charge on any atom is -0.310 e. The first kappa shape index (κ1) is 13.8. The van der Waals surface area contributed by atoms with Crippen LogP contribution in [-0.2, 0) is 6.42 Å². The summed E-state index contributed by atoms with van der Waals surface area (Å²) in [5, 5.41) is 3.38. The van der Waals surface area contributed by atoms with Crippen LogP contribution in [0, 0.1) is 12.7 Å². The van der Waals surface area contributed by atoms with Gasteiger partial charge in [-0.15, -0.1) is 0 Å². The highest BCUT2D eigenvalue weighted by Crippen LogP contribution is 2.22. The Labute approximate surface area is 114 Å². The van der Waals surface area contributed by atoms with E-state index in [0.717, 1.165) is 24.1 Å². The summed E-state index contributed by atoms with van der Waals surface area (Å²) in [4.78, 5) is 0. The topological polar surface area (TPSA) is 12.0 Å². The summed E-state index contributed by atoms with van der Waals surface area (Å²) in [7, 11) is 0. The van der Waals surface area contributed by atoms with Crippen LogP contribution in [0.4, 0.5) is 4.39 Å². The predicted molar refractivity (Wildman–Crippen MR) is 77.7 cm³/mol. The molecule has 2 aromatic rings. The predicted octanol–water partition coefficient (Wildman–Crippen LogP) is 4.03. The van der Waals surface area contributed by atoms with Crippen molar-refractivity contribution in [1.29, 1.82) is 0 Å². The molecule has 100 valence electrons. The molecule has 0 bridgehead atoms. The van der Waals surface area contributed by atoms with Crippen molar-refractivity contribution in [3.63, 3.8) is 0 Å². The van der Waals surface area contributed by atoms with E-state index in [9.17, 15) is 4.39 Å². The Morgan fingerprint density at radius 1 is 1.11 bits per heavy atom. The zero-order valence-corrected chi connectivity index (χ0v) is 11.5. The molecule has 0 saturated heterocycles. The maximum absolute atomic E-state index is 14.0. The van der Waals surface area contributed by atoms with Crippen molar-refractivity contribution in [2.75, 3.05) is 6.54 Å². The molecule has 1 atom stereocenters. The van der Waals surface area contributed by atoms with Crippen LogP contribution >= 0.6 is 0 Å². The van der Waals surface area contributed by atoms with Crippen molar-refractivity contribution in [2.24, 2.45) is 0 Å². The number of aryl methyl sites for hydroxylation is 1. The van der Waals surface area contributed by atoms with E-state index in [2.05, 4.69) is 17.4 Å². The Bertz CT molecular complexity index is 522. The van der Waals surface area contributed by atoms with E-state index in [1.807, 2.05) is 44.2 Å². The summed E-state index contributed by atoms with van der Waals surface area (Å²) < 4.78 is 14.0. The van der Waals surface area contributed by atoms with Gasteiger partial charge in [0.25, 0.3) is 0 Å². The number of benzene rings is 2. The Kier molecular flexibility index (Phi) is 4.69. The molecule has 2 aromatic carbocycles. The van der Waals surface area contributed by atoms with Crippen LogP contribution in [0.25, 0.3) is 0 Å². The molecule has 0 aliphatic rings. The van der Waals surface area contributed by atoms with Crippen LogP contribution in [0.5, 0.6) is 0 Å². The molecule has 19 heavy (non-hydrogen) atoms. The Hall–Kier alpha value is -1.67. The van der Waals surface area contributed by atoms with Gasteiger partial charge < -0.3 is 5.32 Å². The van der Waals surface area contributed by atoms with E-state index >= 15 is 0 Å². The molecular weight excluding hydrogens is 237 g/mol. The van der Waals surface area contributed by atoms with Gasteiger partial charge >= 0.3 is 0 Å². The van der Waals surface area contributed by atoms with Crippen molar-refractivity contribution >= 4 is 0 Å². The Morgan fingerprint density at radius 3 is 2.53 bits per heavy atom. The zero-order valence-electron chi connectivity index (χ0n) is 11.5. The van der Waals surface area contributed by atoms with E-state index in [1.165, 1.54) is 5.56 Å². The number of nitrogens with one attached hydrogen (secondary N) is 1. The summed E-state index contributed by atoms with van der Waals surface area (Å²) >= 11 is 0. The SMILES string of the molecule is CCNC(Cc1ccccc1)c1cc(C)ccc1F. The molecule has 1 unspecified atom stereocenters. The average Bonchev–Trinajstić information content (AvgIpc) is 2.42. The van der Waals surface area contributed by atoms with Crippen LogP contribution in [0.3, 0.4) is 0 Å². The molecule has 0 radical (unpaired) electrons. The van der Waals surface area contributed by atoms with Gasteiger partial charge in [-0.3, -0.25) is 0 Å². The fraction of sp³-hybridized carbons (Fsp3) is 0.294. The molecule has 1 N–H and O–H groups in total. The van der Waals surface area contributed by atoms with E-state index in [-0.39, 0.29) is 11.9 Å². The Balaban J connectivity index is 2.27. The van der Waals surface area contributed by atoms with Crippen molar-refractivity contribution < 1.29 is 4.39 Å². The fourth-order valence-corrected chi connectivity index (χ4v) is 2.32. The molecule has 2 heteroatoms. The summed E-state index contributed by atoms with van der Waals surface area (Å²) in [6, 6.07) is 15.5. The number of halogens is 1. The zero-order chi connectivity index (χ0) is 13.7. The van der Waals surface area contributed by atoms with Gasteiger partial charge in [0.15, 0.2) is 0 Å². The second-order valence-electron chi connectivity index (χ2n) is 4.82. The third-order valence-electron chi connectivity index (χ3n) is 3.26. The third-order valence-corrected chi connectivity index (χ3v) is 3.26. The smallest absolute Gasteiger partial charge is 0.128 e. The number of hydrogen-bond acceptors (Lipinski definition) is 1. The van der Waals surface area contributed by atoms with Crippen LogP contribution in [-0.4, -0.2) is 6.54 Å². The Morgan fingerprint density at radius 2 is 1.84 bits per heavy atom. The van der Waals surface area contributed by atoms with E-state index < -0.39 is 0 Å². The lowest BCUT2D eigenvalue weighted by molar-refractivity contribution is 0.509. The first-order valence-electron chi connectivity index (χ1n) is 6.74. The second kappa shape index (κ2) is 6.48. The van der Waals surface area contributed by atoms with Gasteiger partial charge in [0.2, 0.25) is 0 Å². The van der Waals surface area contributed by atoms with Crippen molar-refractivity contribution in [3.05, 3.63) is 71.0 Å². The molecular formula is C17H20FN. The lowest BCUT2D eigenvalue weighted by Crippen LogP contribution is -2.24. The molecule has 1 nitrogen and oxygen atoms in total. The highest BCUT2D eigenvalue weighted by atomic mass is 19.1. The molecule has 0 aliphatic heterocycles. The molecule has 2 rings (SSSR count). The summed E-state index contributed by atoms with van der Waals surface area (Å²) in [6.45, 7) is 4.87. The van der Waals surface area contributed by atoms with Gasteiger partial charge in [0.1, 0.15) is 5.82 Å². The van der Waals surface area contributed by atoms with Gasteiger partial charge in [0.05, 0.1) is 0 Å². The van der Waals surface area contributed by atoms with Crippen LogP contribution in [0.2, 0.25) is 0 Å². The van der Waals surface area contributed by atoms with E-state index in [1.54, 1.807) is 6.07 Å². The van der Waals surface area contributed by atoms with Crippen LogP contribution < -0.4 is 5.32 Å².